The predicted molar refractivity (Wildman–Crippen MR) is 85.1 cm³/mol. The van der Waals surface area contributed by atoms with Gasteiger partial charge in [-0.05, 0) is 56.6 Å². The molecule has 1 N–H and O–H groups in total. The van der Waals surface area contributed by atoms with Crippen LogP contribution in [0.15, 0.2) is 42.6 Å². The van der Waals surface area contributed by atoms with E-state index >= 15 is 0 Å². The molecular weight excluding hydrogens is 260 g/mol. The zero-order valence-corrected chi connectivity index (χ0v) is 12.5. The second-order valence-electron chi connectivity index (χ2n) is 5.81. The summed E-state index contributed by atoms with van der Waals surface area (Å²) in [6, 6.07) is 12.2. The number of rotatable bonds is 5. The third-order valence-electron chi connectivity index (χ3n) is 3.97. The second-order valence-corrected chi connectivity index (χ2v) is 5.81. The van der Waals surface area contributed by atoms with Crippen molar-refractivity contribution in [2.24, 2.45) is 5.92 Å². The van der Waals surface area contributed by atoms with Crippen LogP contribution in [0, 0.1) is 5.92 Å². The molecule has 1 fully saturated rings. The minimum atomic E-state index is 0.712. The van der Waals surface area contributed by atoms with Gasteiger partial charge in [0, 0.05) is 18.4 Å². The van der Waals surface area contributed by atoms with Crippen molar-refractivity contribution in [1.82, 2.24) is 14.9 Å². The molecule has 0 aliphatic carbocycles. The highest BCUT2D eigenvalue weighted by molar-refractivity contribution is 5.36. The van der Waals surface area contributed by atoms with E-state index in [0.717, 1.165) is 23.9 Å². The summed E-state index contributed by atoms with van der Waals surface area (Å²) in [5.74, 6) is 1.68. The Morgan fingerprint density at radius 2 is 2.10 bits per heavy atom. The quantitative estimate of drug-likeness (QED) is 0.915. The van der Waals surface area contributed by atoms with Gasteiger partial charge in [-0.15, -0.1) is 0 Å². The molecule has 0 spiro atoms. The zero-order chi connectivity index (χ0) is 14.5. The maximum Gasteiger partial charge on any atom is 0.126 e. The Balaban J connectivity index is 1.58. The smallest absolute Gasteiger partial charge is 0.126 e. The largest absolute Gasteiger partial charge is 0.364 e. The van der Waals surface area contributed by atoms with Crippen molar-refractivity contribution in [3.8, 4) is 0 Å². The summed E-state index contributed by atoms with van der Waals surface area (Å²) >= 11 is 0. The van der Waals surface area contributed by atoms with Gasteiger partial charge in [0.05, 0.1) is 12.2 Å². The average Bonchev–Trinajstić information content (AvgIpc) is 2.92. The molecule has 0 aromatic carbocycles. The summed E-state index contributed by atoms with van der Waals surface area (Å²) in [6.07, 6.45) is 4.17. The first-order valence-electron chi connectivity index (χ1n) is 7.58. The molecule has 0 radical (unpaired) electrons. The fraction of sp³-hybridized carbons (Fsp3) is 0.412. The molecule has 2 aromatic heterocycles. The SMILES string of the molecule is CN1CCC(Cc2cccc(NCc3ccccn3)n2)C1. The number of anilines is 1. The highest BCUT2D eigenvalue weighted by Crippen LogP contribution is 2.19. The summed E-state index contributed by atoms with van der Waals surface area (Å²) in [7, 11) is 2.19. The molecule has 3 heterocycles. The van der Waals surface area contributed by atoms with Gasteiger partial charge in [-0.2, -0.15) is 0 Å². The molecule has 21 heavy (non-hydrogen) atoms. The van der Waals surface area contributed by atoms with Crippen LogP contribution < -0.4 is 5.32 Å². The van der Waals surface area contributed by atoms with Crippen molar-refractivity contribution in [3.63, 3.8) is 0 Å². The highest BCUT2D eigenvalue weighted by Gasteiger charge is 2.20. The molecule has 1 aliphatic rings. The number of nitrogens with one attached hydrogen (secondary N) is 1. The monoisotopic (exact) mass is 282 g/mol. The van der Waals surface area contributed by atoms with Crippen molar-refractivity contribution >= 4 is 5.82 Å². The van der Waals surface area contributed by atoms with E-state index in [9.17, 15) is 0 Å². The van der Waals surface area contributed by atoms with Gasteiger partial charge in [-0.3, -0.25) is 4.98 Å². The third kappa shape index (κ3) is 4.02. The Hall–Kier alpha value is -1.94. The topological polar surface area (TPSA) is 41.0 Å². The average molecular weight is 282 g/mol. The van der Waals surface area contributed by atoms with E-state index in [4.69, 9.17) is 4.98 Å². The lowest BCUT2D eigenvalue weighted by molar-refractivity contribution is 0.393. The van der Waals surface area contributed by atoms with Crippen LogP contribution in [0.2, 0.25) is 0 Å². The lowest BCUT2D eigenvalue weighted by Crippen LogP contribution is -2.15. The molecular formula is C17H22N4. The lowest BCUT2D eigenvalue weighted by atomic mass is 10.0. The van der Waals surface area contributed by atoms with Crippen molar-refractivity contribution in [1.29, 1.82) is 0 Å². The van der Waals surface area contributed by atoms with Gasteiger partial charge in [-0.25, -0.2) is 4.98 Å². The molecule has 3 rings (SSSR count). The van der Waals surface area contributed by atoms with E-state index in [1.54, 1.807) is 0 Å². The first-order chi connectivity index (χ1) is 10.3. The molecule has 0 saturated carbocycles. The van der Waals surface area contributed by atoms with E-state index in [2.05, 4.69) is 34.4 Å². The first-order valence-corrected chi connectivity index (χ1v) is 7.58. The van der Waals surface area contributed by atoms with Crippen LogP contribution in [0.3, 0.4) is 0 Å². The van der Waals surface area contributed by atoms with Crippen LogP contribution in [0.1, 0.15) is 17.8 Å². The molecule has 0 bridgehead atoms. The molecule has 1 unspecified atom stereocenters. The van der Waals surface area contributed by atoms with Crippen LogP contribution in [-0.2, 0) is 13.0 Å². The molecule has 4 nitrogen and oxygen atoms in total. The Morgan fingerprint density at radius 3 is 2.86 bits per heavy atom. The first kappa shape index (κ1) is 14.0. The van der Waals surface area contributed by atoms with Gasteiger partial charge in [0.15, 0.2) is 0 Å². The number of hydrogen-bond acceptors (Lipinski definition) is 4. The summed E-state index contributed by atoms with van der Waals surface area (Å²) in [5.41, 5.74) is 2.21. The molecule has 110 valence electrons. The molecule has 2 aromatic rings. The summed E-state index contributed by atoms with van der Waals surface area (Å²) in [6.45, 7) is 3.11. The van der Waals surface area contributed by atoms with Gasteiger partial charge in [-0.1, -0.05) is 12.1 Å². The van der Waals surface area contributed by atoms with E-state index < -0.39 is 0 Å². The van der Waals surface area contributed by atoms with E-state index in [1.165, 1.54) is 25.2 Å². The molecule has 1 saturated heterocycles. The van der Waals surface area contributed by atoms with Crippen LogP contribution in [0.4, 0.5) is 5.82 Å². The maximum absolute atomic E-state index is 4.72. The van der Waals surface area contributed by atoms with Crippen LogP contribution in [-0.4, -0.2) is 35.0 Å². The fourth-order valence-electron chi connectivity index (χ4n) is 2.86. The van der Waals surface area contributed by atoms with Crippen molar-refractivity contribution in [2.45, 2.75) is 19.4 Å². The van der Waals surface area contributed by atoms with Crippen molar-refractivity contribution in [3.05, 3.63) is 54.0 Å². The number of likely N-dealkylation sites (tertiary alicyclic amines) is 1. The fourth-order valence-corrected chi connectivity index (χ4v) is 2.86. The number of hydrogen-bond donors (Lipinski definition) is 1. The van der Waals surface area contributed by atoms with Crippen LogP contribution in [0.25, 0.3) is 0 Å². The van der Waals surface area contributed by atoms with Gasteiger partial charge in [0.2, 0.25) is 0 Å². The van der Waals surface area contributed by atoms with Crippen LogP contribution >= 0.6 is 0 Å². The third-order valence-corrected chi connectivity index (χ3v) is 3.97. The number of pyridine rings is 2. The number of aromatic nitrogens is 2. The summed E-state index contributed by atoms with van der Waals surface area (Å²) < 4.78 is 0. The predicted octanol–water partition coefficient (Wildman–Crippen LogP) is 2.58. The molecule has 0 amide bonds. The zero-order valence-electron chi connectivity index (χ0n) is 12.5. The maximum atomic E-state index is 4.72. The molecule has 4 heteroatoms. The van der Waals surface area contributed by atoms with Gasteiger partial charge in [0.25, 0.3) is 0 Å². The van der Waals surface area contributed by atoms with E-state index in [-0.39, 0.29) is 0 Å². The van der Waals surface area contributed by atoms with Crippen molar-refractivity contribution < 1.29 is 0 Å². The van der Waals surface area contributed by atoms with E-state index in [1.807, 2.05) is 30.5 Å². The second kappa shape index (κ2) is 6.68. The Kier molecular flexibility index (Phi) is 4.46. The molecule has 1 aliphatic heterocycles. The molecule has 1 atom stereocenters. The Bertz CT molecular complexity index is 570. The number of nitrogens with zero attached hydrogens (tertiary/aromatic N) is 3. The summed E-state index contributed by atoms with van der Waals surface area (Å²) in [5, 5.41) is 3.35. The lowest BCUT2D eigenvalue weighted by Gasteiger charge is -2.11. The minimum Gasteiger partial charge on any atom is -0.364 e. The Labute approximate surface area is 126 Å². The van der Waals surface area contributed by atoms with Gasteiger partial charge in [0.1, 0.15) is 5.82 Å². The summed E-state index contributed by atoms with van der Waals surface area (Å²) in [4.78, 5) is 11.4. The van der Waals surface area contributed by atoms with E-state index in [0.29, 0.717) is 6.54 Å². The van der Waals surface area contributed by atoms with Crippen LogP contribution in [0.5, 0.6) is 0 Å². The standard InChI is InChI=1S/C17H22N4/c1-21-10-8-14(13-21)11-15-6-4-7-17(20-15)19-12-16-5-2-3-9-18-16/h2-7,9,14H,8,10-13H2,1H3,(H,19,20). The Morgan fingerprint density at radius 1 is 1.19 bits per heavy atom. The highest BCUT2D eigenvalue weighted by atomic mass is 15.1. The van der Waals surface area contributed by atoms with Crippen molar-refractivity contribution in [2.75, 3.05) is 25.5 Å². The van der Waals surface area contributed by atoms with Gasteiger partial charge < -0.3 is 10.2 Å². The normalized spacial score (nSPS) is 18.8. The minimum absolute atomic E-state index is 0.712. The van der Waals surface area contributed by atoms with Gasteiger partial charge >= 0.3 is 0 Å².